The second-order valence-electron chi connectivity index (χ2n) is 3.13. The van der Waals surface area contributed by atoms with Crippen molar-refractivity contribution in [3.8, 4) is 0 Å². The van der Waals surface area contributed by atoms with E-state index in [2.05, 4.69) is 6.92 Å². The van der Waals surface area contributed by atoms with Crippen molar-refractivity contribution in [1.82, 2.24) is 6.15 Å². The van der Waals surface area contributed by atoms with Gasteiger partial charge < -0.3 is 10.9 Å². The summed E-state index contributed by atoms with van der Waals surface area (Å²) in [5.74, 6) is 0.929. The summed E-state index contributed by atoms with van der Waals surface area (Å²) in [5, 5.41) is 0. The SMILES string of the molecule is CC.CC1CCC2OC2C1.N. The molecular weight excluding hydrogens is 138 g/mol. The van der Waals surface area contributed by atoms with Gasteiger partial charge in [-0.2, -0.15) is 0 Å². The lowest BCUT2D eigenvalue weighted by Crippen LogP contribution is -2.09. The Morgan fingerprint density at radius 1 is 1.09 bits per heavy atom. The van der Waals surface area contributed by atoms with Crippen LogP contribution < -0.4 is 6.15 Å². The van der Waals surface area contributed by atoms with Crippen molar-refractivity contribution in [2.24, 2.45) is 5.92 Å². The first-order valence-electron chi connectivity index (χ1n) is 4.52. The third-order valence-corrected chi connectivity index (χ3v) is 2.27. The van der Waals surface area contributed by atoms with Gasteiger partial charge in [0.05, 0.1) is 12.2 Å². The van der Waals surface area contributed by atoms with Crippen molar-refractivity contribution in [2.45, 2.75) is 52.2 Å². The maximum absolute atomic E-state index is 5.35. The molecule has 68 valence electrons. The zero-order chi connectivity index (χ0) is 7.56. The van der Waals surface area contributed by atoms with Crippen LogP contribution in [0.4, 0.5) is 0 Å². The molecule has 2 nitrogen and oxygen atoms in total. The number of rotatable bonds is 0. The van der Waals surface area contributed by atoms with Crippen molar-refractivity contribution >= 4 is 0 Å². The molecular formula is C9H21NO. The molecule has 0 aromatic heterocycles. The Balaban J connectivity index is 0.000000311. The normalized spacial score (nSPS) is 39.0. The molecule has 2 heteroatoms. The molecule has 0 radical (unpaired) electrons. The minimum Gasteiger partial charge on any atom is -0.370 e. The highest BCUT2D eigenvalue weighted by molar-refractivity contribution is 4.90. The van der Waals surface area contributed by atoms with E-state index in [0.717, 1.165) is 5.92 Å². The molecule has 3 unspecified atom stereocenters. The van der Waals surface area contributed by atoms with Gasteiger partial charge in [0.25, 0.3) is 0 Å². The van der Waals surface area contributed by atoms with E-state index in [1.165, 1.54) is 19.3 Å². The highest BCUT2D eigenvalue weighted by atomic mass is 16.6. The van der Waals surface area contributed by atoms with Crippen LogP contribution in [-0.2, 0) is 4.74 Å². The summed E-state index contributed by atoms with van der Waals surface area (Å²) in [6.45, 7) is 6.32. The second kappa shape index (κ2) is 4.73. The van der Waals surface area contributed by atoms with E-state index in [1.54, 1.807) is 0 Å². The molecule has 1 aliphatic heterocycles. The van der Waals surface area contributed by atoms with E-state index >= 15 is 0 Å². The molecule has 1 aliphatic carbocycles. The van der Waals surface area contributed by atoms with Crippen molar-refractivity contribution in [1.29, 1.82) is 0 Å². The summed E-state index contributed by atoms with van der Waals surface area (Å²) in [7, 11) is 0. The van der Waals surface area contributed by atoms with Gasteiger partial charge in [-0.3, -0.25) is 0 Å². The Labute approximate surface area is 69.9 Å². The first kappa shape index (κ1) is 10.9. The highest BCUT2D eigenvalue weighted by Crippen LogP contribution is 2.38. The van der Waals surface area contributed by atoms with Crippen LogP contribution in [0.1, 0.15) is 40.0 Å². The van der Waals surface area contributed by atoms with E-state index in [0.29, 0.717) is 12.2 Å². The molecule has 2 fully saturated rings. The van der Waals surface area contributed by atoms with Gasteiger partial charge in [-0.05, 0) is 25.2 Å². The maximum atomic E-state index is 5.35. The van der Waals surface area contributed by atoms with Crippen LogP contribution in [0.15, 0.2) is 0 Å². The summed E-state index contributed by atoms with van der Waals surface area (Å²) < 4.78 is 5.35. The van der Waals surface area contributed by atoms with Gasteiger partial charge in [0.15, 0.2) is 0 Å². The van der Waals surface area contributed by atoms with Gasteiger partial charge in [0.1, 0.15) is 0 Å². The van der Waals surface area contributed by atoms with E-state index in [9.17, 15) is 0 Å². The molecule has 0 aromatic rings. The number of epoxide rings is 1. The highest BCUT2D eigenvalue weighted by Gasteiger charge is 2.42. The van der Waals surface area contributed by atoms with Gasteiger partial charge in [-0.25, -0.2) is 0 Å². The smallest absolute Gasteiger partial charge is 0.0844 e. The van der Waals surface area contributed by atoms with Crippen LogP contribution in [0.3, 0.4) is 0 Å². The summed E-state index contributed by atoms with van der Waals surface area (Å²) in [4.78, 5) is 0. The Morgan fingerprint density at radius 3 is 2.18 bits per heavy atom. The fourth-order valence-corrected chi connectivity index (χ4v) is 1.60. The fraction of sp³-hybridized carbons (Fsp3) is 1.00. The first-order chi connectivity index (χ1) is 4.86. The average Bonchev–Trinajstić information content (AvgIpc) is 2.70. The van der Waals surface area contributed by atoms with E-state index in [1.807, 2.05) is 13.8 Å². The molecule has 2 rings (SSSR count). The minimum atomic E-state index is 0. The fourth-order valence-electron chi connectivity index (χ4n) is 1.60. The largest absolute Gasteiger partial charge is 0.370 e. The average molecular weight is 159 g/mol. The quantitative estimate of drug-likeness (QED) is 0.552. The predicted molar refractivity (Wildman–Crippen MR) is 48.0 cm³/mol. The monoisotopic (exact) mass is 159 g/mol. The van der Waals surface area contributed by atoms with Gasteiger partial charge in [0, 0.05) is 0 Å². The van der Waals surface area contributed by atoms with Crippen molar-refractivity contribution in [3.63, 3.8) is 0 Å². The van der Waals surface area contributed by atoms with Crippen LogP contribution in [0, 0.1) is 5.92 Å². The number of fused-ring (bicyclic) bond motifs is 1. The standard InChI is InChI=1S/C7H12O.C2H6.H3N/c1-5-2-3-6-7(4-5)8-6;1-2;/h5-7H,2-4H2,1H3;1-2H3;1H3. The number of hydrogen-bond donors (Lipinski definition) is 1. The van der Waals surface area contributed by atoms with E-state index in [4.69, 9.17) is 4.74 Å². The predicted octanol–water partition coefficient (Wildman–Crippen LogP) is 2.76. The number of hydrogen-bond acceptors (Lipinski definition) is 2. The van der Waals surface area contributed by atoms with Crippen LogP contribution in [-0.4, -0.2) is 12.2 Å². The van der Waals surface area contributed by atoms with Crippen LogP contribution >= 0.6 is 0 Å². The third-order valence-electron chi connectivity index (χ3n) is 2.27. The summed E-state index contributed by atoms with van der Waals surface area (Å²) in [6.07, 6.45) is 5.41. The second-order valence-corrected chi connectivity index (χ2v) is 3.13. The Morgan fingerprint density at radius 2 is 1.73 bits per heavy atom. The van der Waals surface area contributed by atoms with Crippen LogP contribution in [0.25, 0.3) is 0 Å². The summed E-state index contributed by atoms with van der Waals surface area (Å²) >= 11 is 0. The summed E-state index contributed by atoms with van der Waals surface area (Å²) in [5.41, 5.74) is 0. The van der Waals surface area contributed by atoms with Crippen molar-refractivity contribution in [2.75, 3.05) is 0 Å². The van der Waals surface area contributed by atoms with Gasteiger partial charge >= 0.3 is 0 Å². The molecule has 3 N–H and O–H groups in total. The minimum absolute atomic E-state index is 0. The van der Waals surface area contributed by atoms with E-state index in [-0.39, 0.29) is 6.15 Å². The lowest BCUT2D eigenvalue weighted by molar-refractivity contribution is 0.367. The Kier molecular flexibility index (Phi) is 4.69. The molecule has 0 amide bonds. The van der Waals surface area contributed by atoms with Crippen molar-refractivity contribution < 1.29 is 4.74 Å². The Hall–Kier alpha value is -0.0800. The lowest BCUT2D eigenvalue weighted by Gasteiger charge is -2.11. The lowest BCUT2D eigenvalue weighted by atomic mass is 9.91. The zero-order valence-corrected chi connectivity index (χ0v) is 7.97. The van der Waals surface area contributed by atoms with Gasteiger partial charge in [-0.1, -0.05) is 20.8 Å². The van der Waals surface area contributed by atoms with Gasteiger partial charge in [-0.15, -0.1) is 0 Å². The molecule has 1 heterocycles. The van der Waals surface area contributed by atoms with Crippen LogP contribution in [0.2, 0.25) is 0 Å². The molecule has 0 aromatic carbocycles. The molecule has 0 bridgehead atoms. The molecule has 11 heavy (non-hydrogen) atoms. The molecule has 3 atom stereocenters. The maximum Gasteiger partial charge on any atom is 0.0844 e. The topological polar surface area (TPSA) is 47.5 Å². The third kappa shape index (κ3) is 2.80. The zero-order valence-electron chi connectivity index (χ0n) is 7.97. The summed E-state index contributed by atoms with van der Waals surface area (Å²) in [6, 6.07) is 0. The Bertz CT molecular complexity index is 106. The molecule has 2 aliphatic rings. The number of ether oxygens (including phenoxy) is 1. The molecule has 1 saturated carbocycles. The molecule has 0 spiro atoms. The molecule has 1 saturated heterocycles. The van der Waals surface area contributed by atoms with E-state index < -0.39 is 0 Å². The van der Waals surface area contributed by atoms with Crippen molar-refractivity contribution in [3.05, 3.63) is 0 Å². The first-order valence-corrected chi connectivity index (χ1v) is 4.52. The van der Waals surface area contributed by atoms with Gasteiger partial charge in [0.2, 0.25) is 0 Å². The van der Waals surface area contributed by atoms with Crippen LogP contribution in [0.5, 0.6) is 0 Å².